The van der Waals surface area contributed by atoms with Crippen LogP contribution >= 0.6 is 12.2 Å². The molecule has 0 bridgehead atoms. The van der Waals surface area contributed by atoms with Crippen molar-refractivity contribution in [2.24, 2.45) is 0 Å². The van der Waals surface area contributed by atoms with E-state index in [1.807, 2.05) is 36.4 Å². The molecule has 0 atom stereocenters. The van der Waals surface area contributed by atoms with Crippen LogP contribution in [0.4, 0.5) is 11.4 Å². The summed E-state index contributed by atoms with van der Waals surface area (Å²) < 4.78 is 5.92. The van der Waals surface area contributed by atoms with E-state index in [9.17, 15) is 14.9 Å². The Bertz CT molecular complexity index is 1430. The molecule has 9 heteroatoms. The molecule has 4 rings (SSSR count). The summed E-state index contributed by atoms with van der Waals surface area (Å²) in [6.07, 6.45) is 0. The standard InChI is InChI=1S/C25H22N4O4S/c1-14(2)16-10-11-22-20(13-16)27-24(33-22)17-6-4-7-18(12-17)26-25(34)28-23(30)19-8-5-9-21(15(19)3)29(31)32/h4-14H,1-3H3,(H2,26,28,30,34). The number of carbonyl (C=O) groups is 1. The molecule has 172 valence electrons. The summed E-state index contributed by atoms with van der Waals surface area (Å²) in [5, 5.41) is 16.7. The van der Waals surface area contributed by atoms with Crippen molar-refractivity contribution in [1.82, 2.24) is 10.3 Å². The van der Waals surface area contributed by atoms with Crippen molar-refractivity contribution in [2.45, 2.75) is 26.7 Å². The van der Waals surface area contributed by atoms with Crippen LogP contribution in [0.25, 0.3) is 22.6 Å². The lowest BCUT2D eigenvalue weighted by molar-refractivity contribution is -0.385. The zero-order chi connectivity index (χ0) is 24.4. The number of aromatic nitrogens is 1. The Morgan fingerprint density at radius 3 is 2.62 bits per heavy atom. The Labute approximate surface area is 201 Å². The Kier molecular flexibility index (Phi) is 6.38. The Morgan fingerprint density at radius 1 is 1.12 bits per heavy atom. The highest BCUT2D eigenvalue weighted by Crippen LogP contribution is 2.28. The van der Waals surface area contributed by atoms with E-state index in [1.165, 1.54) is 30.7 Å². The number of nitrogens with zero attached hydrogens (tertiary/aromatic N) is 2. The van der Waals surface area contributed by atoms with E-state index in [0.717, 1.165) is 11.1 Å². The summed E-state index contributed by atoms with van der Waals surface area (Å²) in [6.45, 7) is 5.77. The van der Waals surface area contributed by atoms with Crippen LogP contribution in [0.3, 0.4) is 0 Å². The van der Waals surface area contributed by atoms with Crippen molar-refractivity contribution in [3.8, 4) is 11.5 Å². The average Bonchev–Trinajstić information content (AvgIpc) is 3.22. The van der Waals surface area contributed by atoms with Gasteiger partial charge in [0.15, 0.2) is 10.7 Å². The fourth-order valence-electron chi connectivity index (χ4n) is 3.56. The molecule has 34 heavy (non-hydrogen) atoms. The van der Waals surface area contributed by atoms with Gasteiger partial charge >= 0.3 is 0 Å². The molecule has 0 aliphatic heterocycles. The van der Waals surface area contributed by atoms with Crippen LogP contribution in [-0.2, 0) is 0 Å². The molecule has 1 aromatic heterocycles. The zero-order valence-electron chi connectivity index (χ0n) is 18.8. The van der Waals surface area contributed by atoms with Gasteiger partial charge in [0.25, 0.3) is 11.6 Å². The quantitative estimate of drug-likeness (QED) is 0.208. The first-order valence-electron chi connectivity index (χ1n) is 10.6. The van der Waals surface area contributed by atoms with Crippen LogP contribution in [-0.4, -0.2) is 20.9 Å². The first-order chi connectivity index (χ1) is 16.2. The number of hydrogen-bond donors (Lipinski definition) is 2. The third-order valence-electron chi connectivity index (χ3n) is 5.42. The number of nitro benzene ring substituents is 1. The van der Waals surface area contributed by atoms with Gasteiger partial charge in [0.05, 0.1) is 4.92 Å². The highest BCUT2D eigenvalue weighted by atomic mass is 32.1. The largest absolute Gasteiger partial charge is 0.436 e. The third-order valence-corrected chi connectivity index (χ3v) is 5.62. The molecule has 0 spiro atoms. The number of nitrogens with one attached hydrogen (secondary N) is 2. The van der Waals surface area contributed by atoms with Crippen molar-refractivity contribution < 1.29 is 14.1 Å². The van der Waals surface area contributed by atoms with E-state index in [-0.39, 0.29) is 21.9 Å². The minimum absolute atomic E-state index is 0.0622. The van der Waals surface area contributed by atoms with Crippen LogP contribution in [0, 0.1) is 17.0 Å². The fraction of sp³-hybridized carbons (Fsp3) is 0.160. The van der Waals surface area contributed by atoms with Crippen LogP contribution in [0.1, 0.15) is 41.3 Å². The maximum absolute atomic E-state index is 12.6. The van der Waals surface area contributed by atoms with Gasteiger partial charge in [0, 0.05) is 28.4 Å². The summed E-state index contributed by atoms with van der Waals surface area (Å²) in [7, 11) is 0. The lowest BCUT2D eigenvalue weighted by Crippen LogP contribution is -2.34. The number of amides is 1. The summed E-state index contributed by atoms with van der Waals surface area (Å²) in [4.78, 5) is 27.8. The number of carbonyl (C=O) groups excluding carboxylic acids is 1. The molecule has 1 heterocycles. The molecule has 0 aliphatic rings. The van der Waals surface area contributed by atoms with E-state index in [1.54, 1.807) is 6.07 Å². The Morgan fingerprint density at radius 2 is 1.88 bits per heavy atom. The number of thiocarbonyl (C=S) groups is 1. The molecule has 4 aromatic rings. The van der Waals surface area contributed by atoms with Crippen LogP contribution in [0.5, 0.6) is 0 Å². The van der Waals surface area contributed by atoms with Gasteiger partial charge in [-0.3, -0.25) is 20.2 Å². The number of hydrogen-bond acceptors (Lipinski definition) is 6. The van der Waals surface area contributed by atoms with E-state index in [2.05, 4.69) is 29.5 Å². The topological polar surface area (TPSA) is 110 Å². The lowest BCUT2D eigenvalue weighted by atomic mass is 10.0. The second kappa shape index (κ2) is 9.40. The summed E-state index contributed by atoms with van der Waals surface area (Å²) in [5.41, 5.74) is 4.37. The molecule has 2 N–H and O–H groups in total. The SMILES string of the molecule is Cc1c(C(=O)NC(=S)Nc2cccc(-c3nc4cc(C(C)C)ccc4o3)c2)cccc1[N+](=O)[O-]. The van der Waals surface area contributed by atoms with Gasteiger partial charge in [-0.1, -0.05) is 32.0 Å². The van der Waals surface area contributed by atoms with Gasteiger partial charge in [-0.15, -0.1) is 0 Å². The van der Waals surface area contributed by atoms with Crippen molar-refractivity contribution in [3.63, 3.8) is 0 Å². The van der Waals surface area contributed by atoms with Crippen molar-refractivity contribution >= 4 is 45.7 Å². The normalized spacial score (nSPS) is 10.9. The molecule has 0 unspecified atom stereocenters. The first kappa shape index (κ1) is 23.1. The van der Waals surface area contributed by atoms with Crippen molar-refractivity contribution in [2.75, 3.05) is 5.32 Å². The van der Waals surface area contributed by atoms with Gasteiger partial charge in [-0.2, -0.15) is 0 Å². The molecule has 0 saturated carbocycles. The molecule has 1 amide bonds. The fourth-order valence-corrected chi connectivity index (χ4v) is 3.77. The van der Waals surface area contributed by atoms with Crippen molar-refractivity contribution in [3.05, 3.63) is 87.5 Å². The Balaban J connectivity index is 1.50. The van der Waals surface area contributed by atoms with Gasteiger partial charge in [-0.25, -0.2) is 4.98 Å². The van der Waals surface area contributed by atoms with E-state index in [0.29, 0.717) is 23.1 Å². The number of oxazole rings is 1. The zero-order valence-corrected chi connectivity index (χ0v) is 19.6. The van der Waals surface area contributed by atoms with Gasteiger partial charge in [0.2, 0.25) is 5.89 Å². The predicted molar refractivity (Wildman–Crippen MR) is 135 cm³/mol. The molecule has 0 radical (unpaired) electrons. The number of fused-ring (bicyclic) bond motifs is 1. The summed E-state index contributed by atoms with van der Waals surface area (Å²) in [6, 6.07) is 17.6. The van der Waals surface area contributed by atoms with Crippen LogP contribution in [0.2, 0.25) is 0 Å². The highest BCUT2D eigenvalue weighted by molar-refractivity contribution is 7.80. The third kappa shape index (κ3) is 4.79. The van der Waals surface area contributed by atoms with Crippen molar-refractivity contribution in [1.29, 1.82) is 0 Å². The minimum atomic E-state index is -0.533. The Hall–Kier alpha value is -4.11. The number of rotatable bonds is 5. The summed E-state index contributed by atoms with van der Waals surface area (Å²) >= 11 is 5.28. The predicted octanol–water partition coefficient (Wildman–Crippen LogP) is 5.96. The molecule has 8 nitrogen and oxygen atoms in total. The number of benzene rings is 3. The average molecular weight is 475 g/mol. The number of anilines is 1. The van der Waals surface area contributed by atoms with E-state index in [4.69, 9.17) is 16.6 Å². The first-order valence-corrected chi connectivity index (χ1v) is 11.0. The smallest absolute Gasteiger partial charge is 0.273 e. The van der Waals surface area contributed by atoms with E-state index < -0.39 is 10.8 Å². The maximum atomic E-state index is 12.6. The molecule has 0 aliphatic carbocycles. The van der Waals surface area contributed by atoms with Crippen LogP contribution < -0.4 is 10.6 Å². The minimum Gasteiger partial charge on any atom is -0.436 e. The van der Waals surface area contributed by atoms with Gasteiger partial charge in [-0.05, 0) is 67.0 Å². The highest BCUT2D eigenvalue weighted by Gasteiger charge is 2.19. The second-order valence-corrected chi connectivity index (χ2v) is 8.50. The summed E-state index contributed by atoms with van der Waals surface area (Å²) in [5.74, 6) is 0.329. The molecule has 0 saturated heterocycles. The van der Waals surface area contributed by atoms with Gasteiger partial charge in [0.1, 0.15) is 5.52 Å². The second-order valence-electron chi connectivity index (χ2n) is 8.10. The molecular weight excluding hydrogens is 452 g/mol. The lowest BCUT2D eigenvalue weighted by Gasteiger charge is -2.11. The van der Waals surface area contributed by atoms with E-state index >= 15 is 0 Å². The molecular formula is C25H22N4O4S. The number of nitro groups is 1. The molecule has 0 fully saturated rings. The molecule has 3 aromatic carbocycles. The maximum Gasteiger partial charge on any atom is 0.273 e. The monoisotopic (exact) mass is 474 g/mol. The van der Waals surface area contributed by atoms with Gasteiger partial charge < -0.3 is 9.73 Å². The van der Waals surface area contributed by atoms with Crippen LogP contribution in [0.15, 0.2) is 65.1 Å².